The molecule has 6 nitrogen and oxygen atoms in total. The van der Waals surface area contributed by atoms with Crippen molar-refractivity contribution in [1.82, 2.24) is 9.80 Å². The summed E-state index contributed by atoms with van der Waals surface area (Å²) in [6.45, 7) is -2.62. The van der Waals surface area contributed by atoms with Crippen molar-refractivity contribution >= 4 is 11.9 Å². The zero-order valence-electron chi connectivity index (χ0n) is 24.6. The predicted octanol–water partition coefficient (Wildman–Crippen LogP) is 4.82. The topological polar surface area (TPSA) is 59.1 Å². The minimum Gasteiger partial charge on any atom is -0.497 e. The van der Waals surface area contributed by atoms with E-state index in [1.54, 1.807) is 54.6 Å². The number of esters is 1. The van der Waals surface area contributed by atoms with E-state index in [4.69, 9.17) is 13.6 Å². The van der Waals surface area contributed by atoms with E-state index < -0.39 is 54.2 Å². The number of carbonyl (C=O) groups excluding carboxylic acids is 2. The van der Waals surface area contributed by atoms with Gasteiger partial charge in [0.2, 0.25) is 5.91 Å². The third-order valence-corrected chi connectivity index (χ3v) is 6.97. The molecule has 1 fully saturated rings. The van der Waals surface area contributed by atoms with Crippen molar-refractivity contribution in [1.29, 1.82) is 0 Å². The van der Waals surface area contributed by atoms with E-state index in [0.717, 1.165) is 4.90 Å². The molecule has 1 aliphatic rings. The molecule has 0 unspecified atom stereocenters. The highest BCUT2D eigenvalue weighted by Gasteiger charge is 2.49. The molecule has 9 heteroatoms. The van der Waals surface area contributed by atoms with Gasteiger partial charge in [0.15, 0.2) is 11.6 Å². The van der Waals surface area contributed by atoms with E-state index in [1.807, 2.05) is 0 Å². The fraction of sp³-hybridized carbons (Fsp3) is 0.333. The van der Waals surface area contributed by atoms with Gasteiger partial charge in [-0.3, -0.25) is 4.79 Å². The molecule has 0 spiro atoms. The fourth-order valence-corrected chi connectivity index (χ4v) is 5.00. The molecule has 0 bridgehead atoms. The largest absolute Gasteiger partial charge is 0.497 e. The van der Waals surface area contributed by atoms with Crippen LogP contribution in [0.2, 0.25) is 0 Å². The van der Waals surface area contributed by atoms with Gasteiger partial charge < -0.3 is 19.3 Å². The van der Waals surface area contributed by atoms with Gasteiger partial charge in [-0.2, -0.15) is 0 Å². The zero-order valence-corrected chi connectivity index (χ0v) is 21.6. The first kappa shape index (κ1) is 24.2. The Labute approximate surface area is 230 Å². The monoisotopic (exact) mass is 543 g/mol. The first-order valence-corrected chi connectivity index (χ1v) is 12.4. The Morgan fingerprint density at radius 2 is 1.79 bits per heavy atom. The Morgan fingerprint density at radius 1 is 1.05 bits per heavy atom. The molecule has 2 atom stereocenters. The summed E-state index contributed by atoms with van der Waals surface area (Å²) in [5.74, 6) is -5.19. The second-order valence-corrected chi connectivity index (χ2v) is 9.58. The van der Waals surface area contributed by atoms with E-state index in [1.165, 1.54) is 19.1 Å². The normalized spacial score (nSPS) is 20.6. The first-order valence-electron chi connectivity index (χ1n) is 13.9. The maximum absolute atomic E-state index is 14.3. The van der Waals surface area contributed by atoms with Gasteiger partial charge in [-0.15, -0.1) is 0 Å². The molecule has 0 aromatic heterocycles. The van der Waals surface area contributed by atoms with Gasteiger partial charge in [-0.25, -0.2) is 18.0 Å². The molecule has 206 valence electrons. The van der Waals surface area contributed by atoms with Gasteiger partial charge in [-0.1, -0.05) is 30.3 Å². The summed E-state index contributed by atoms with van der Waals surface area (Å²) >= 11 is 0. The summed E-state index contributed by atoms with van der Waals surface area (Å²) in [4.78, 5) is 29.3. The molecule has 0 radical (unpaired) electrons. The fourth-order valence-electron chi connectivity index (χ4n) is 5.00. The number of nitrogens with zero attached hydrogens (tertiary/aromatic N) is 2. The number of methoxy groups -OCH3 is 1. The summed E-state index contributed by atoms with van der Waals surface area (Å²) in [6, 6.07) is 16.2. The van der Waals surface area contributed by atoms with Gasteiger partial charge >= 0.3 is 5.97 Å². The van der Waals surface area contributed by atoms with E-state index in [0.29, 0.717) is 23.4 Å². The van der Waals surface area contributed by atoms with Crippen LogP contribution in [-0.2, 0) is 21.6 Å². The molecule has 1 saturated heterocycles. The molecule has 3 aromatic rings. The highest BCUT2D eigenvalue weighted by Crippen LogP contribution is 2.43. The smallest absolute Gasteiger partial charge is 0.339 e. The summed E-state index contributed by atoms with van der Waals surface area (Å²) in [5, 5.41) is 0. The zero-order chi connectivity index (χ0) is 30.7. The molecule has 1 amide bonds. The van der Waals surface area contributed by atoms with Crippen molar-refractivity contribution in [2.45, 2.75) is 18.4 Å². The molecule has 4 rings (SSSR count). The number of carbonyl (C=O) groups is 2. The third kappa shape index (κ3) is 6.25. The maximum atomic E-state index is 14.3. The summed E-state index contributed by atoms with van der Waals surface area (Å²) < 4.78 is 77.0. The number of likely N-dealkylation sites (tertiary alicyclic amines) is 1. The highest BCUT2D eigenvalue weighted by atomic mass is 19.2. The van der Waals surface area contributed by atoms with E-state index in [9.17, 15) is 22.8 Å². The molecule has 0 saturated carbocycles. The second kappa shape index (κ2) is 11.9. The van der Waals surface area contributed by atoms with Crippen LogP contribution in [0.3, 0.4) is 0 Å². The number of rotatable bonds is 8. The predicted molar refractivity (Wildman–Crippen MR) is 140 cm³/mol. The number of hydrogen-bond acceptors (Lipinski definition) is 5. The minimum absolute atomic E-state index is 0.0530. The SMILES string of the molecule is [2H]C([2H])([2H])N(C)C[C@@H]1CN(C(=O)Cc2cc(F)c(F)cc2F)CC[C@@]1(OC(=O)c1ccccc1)c1cccc(OC)c1. The van der Waals surface area contributed by atoms with Crippen molar-refractivity contribution in [3.63, 3.8) is 0 Å². The van der Waals surface area contributed by atoms with Crippen molar-refractivity contribution < 1.29 is 36.3 Å². The summed E-state index contributed by atoms with van der Waals surface area (Å²) in [5.41, 5.74) is -0.857. The molecule has 0 aliphatic carbocycles. The van der Waals surface area contributed by atoms with Crippen LogP contribution in [0.5, 0.6) is 5.75 Å². The number of piperidine rings is 1. The van der Waals surface area contributed by atoms with Crippen LogP contribution < -0.4 is 4.74 Å². The van der Waals surface area contributed by atoms with Gasteiger partial charge in [-0.05, 0) is 49.9 Å². The van der Waals surface area contributed by atoms with Crippen molar-refractivity contribution in [2.24, 2.45) is 5.92 Å². The van der Waals surface area contributed by atoms with Crippen LogP contribution in [-0.4, -0.2) is 62.4 Å². The van der Waals surface area contributed by atoms with Gasteiger partial charge in [0.1, 0.15) is 17.2 Å². The first-order chi connectivity index (χ1) is 19.8. The molecule has 39 heavy (non-hydrogen) atoms. The number of ether oxygens (including phenoxy) is 2. The van der Waals surface area contributed by atoms with E-state index >= 15 is 0 Å². The second-order valence-electron chi connectivity index (χ2n) is 9.58. The van der Waals surface area contributed by atoms with Crippen LogP contribution in [0.25, 0.3) is 0 Å². The summed E-state index contributed by atoms with van der Waals surface area (Å²) in [7, 11) is 2.89. The van der Waals surface area contributed by atoms with Crippen LogP contribution in [0.4, 0.5) is 13.2 Å². The van der Waals surface area contributed by atoms with Crippen molar-refractivity contribution in [3.05, 3.63) is 101 Å². The van der Waals surface area contributed by atoms with Crippen molar-refractivity contribution in [3.8, 4) is 5.75 Å². The van der Waals surface area contributed by atoms with Gasteiger partial charge in [0, 0.05) is 47.7 Å². The number of amides is 1. The van der Waals surface area contributed by atoms with Crippen LogP contribution in [0.1, 0.15) is 32.0 Å². The Balaban J connectivity index is 1.74. The van der Waals surface area contributed by atoms with E-state index in [-0.39, 0.29) is 37.2 Å². The molecule has 3 aromatic carbocycles. The molecule has 1 aliphatic heterocycles. The minimum atomic E-state index is -2.50. The van der Waals surface area contributed by atoms with Gasteiger partial charge in [0.25, 0.3) is 0 Å². The Hall–Kier alpha value is -3.85. The van der Waals surface area contributed by atoms with Gasteiger partial charge in [0.05, 0.1) is 19.1 Å². The lowest BCUT2D eigenvalue weighted by Crippen LogP contribution is -2.56. The quantitative estimate of drug-likeness (QED) is 0.301. The number of benzene rings is 3. The Kier molecular flexibility index (Phi) is 7.39. The average molecular weight is 544 g/mol. The summed E-state index contributed by atoms with van der Waals surface area (Å²) in [6.07, 6.45) is -0.467. The van der Waals surface area contributed by atoms with Crippen molar-refractivity contribution in [2.75, 3.05) is 40.8 Å². The molecule has 0 N–H and O–H groups in total. The lowest BCUT2D eigenvalue weighted by Gasteiger charge is -2.48. The van der Waals surface area contributed by atoms with Crippen LogP contribution in [0.15, 0.2) is 66.7 Å². The van der Waals surface area contributed by atoms with Crippen LogP contribution >= 0.6 is 0 Å². The maximum Gasteiger partial charge on any atom is 0.339 e. The molecular weight excluding hydrogens is 509 g/mol. The average Bonchev–Trinajstić information content (AvgIpc) is 2.96. The Bertz CT molecular complexity index is 1440. The lowest BCUT2D eigenvalue weighted by molar-refractivity contribution is -0.142. The molecular formula is C30H31F3N2O4. The standard InChI is InChI=1S/C30H31F3N2O4/c1-34(2)18-23-19-35(28(36)15-21-14-26(32)27(33)17-25(21)31)13-12-30(23,22-10-7-11-24(16-22)38-3)39-29(37)20-8-5-4-6-9-20/h4-11,14,16-17,23H,12-13,15,18-19H2,1-3H3/t23-,30-/m1/s1/i1D3. The van der Waals surface area contributed by atoms with E-state index in [2.05, 4.69) is 0 Å². The lowest BCUT2D eigenvalue weighted by atomic mass is 9.75. The van der Waals surface area contributed by atoms with Crippen LogP contribution in [0, 0.1) is 23.4 Å². The highest BCUT2D eigenvalue weighted by molar-refractivity contribution is 5.89. The Morgan fingerprint density at radius 3 is 2.51 bits per heavy atom. The third-order valence-electron chi connectivity index (χ3n) is 6.97. The number of hydrogen-bond donors (Lipinski definition) is 0. The number of halogens is 3. The molecule has 1 heterocycles.